The van der Waals surface area contributed by atoms with Gasteiger partial charge >= 0.3 is 6.09 Å². The lowest BCUT2D eigenvalue weighted by Crippen LogP contribution is -2.31. The smallest absolute Gasteiger partial charge is 0.414 e. The Balaban J connectivity index is 1.99. The number of carbonyl (C=O) groups is 3. The van der Waals surface area contributed by atoms with Gasteiger partial charge in [0.1, 0.15) is 5.00 Å². The first-order valence-electron chi connectivity index (χ1n) is 6.99. The second kappa shape index (κ2) is 8.09. The highest BCUT2D eigenvalue weighted by Crippen LogP contribution is 2.23. The molecule has 120 valence electrons. The molecule has 0 fully saturated rings. The Hall–Kier alpha value is -2.67. The van der Waals surface area contributed by atoms with Crippen LogP contribution in [0.4, 0.5) is 9.80 Å². The van der Waals surface area contributed by atoms with E-state index in [0.29, 0.717) is 5.00 Å². The molecule has 0 atom stereocenters. The molecule has 7 heteroatoms. The minimum atomic E-state index is -0.815. The van der Waals surface area contributed by atoms with E-state index >= 15 is 0 Å². The van der Waals surface area contributed by atoms with Crippen molar-refractivity contribution in [3.8, 4) is 0 Å². The highest BCUT2D eigenvalue weighted by Gasteiger charge is 2.17. The first kappa shape index (κ1) is 16.7. The van der Waals surface area contributed by atoms with Crippen LogP contribution in [0.1, 0.15) is 22.8 Å². The van der Waals surface area contributed by atoms with Crippen LogP contribution in [0.2, 0.25) is 0 Å². The number of ether oxygens (including phenoxy) is 1. The molecule has 0 saturated heterocycles. The monoisotopic (exact) mass is 332 g/mol. The quantitative estimate of drug-likeness (QED) is 0.882. The van der Waals surface area contributed by atoms with Crippen LogP contribution < -0.4 is 10.6 Å². The minimum Gasteiger partial charge on any atom is -0.450 e. The number of hydrogen-bond acceptors (Lipinski definition) is 5. The number of amides is 3. The van der Waals surface area contributed by atoms with Gasteiger partial charge in [-0.05, 0) is 23.9 Å². The summed E-state index contributed by atoms with van der Waals surface area (Å²) in [6, 6.07) is 10.8. The molecule has 2 aromatic rings. The summed E-state index contributed by atoms with van der Waals surface area (Å²) in [5, 5.41) is 6.85. The maximum Gasteiger partial charge on any atom is 0.414 e. The Bertz CT molecular complexity index is 697. The molecule has 0 aliphatic carbocycles. The van der Waals surface area contributed by atoms with Crippen molar-refractivity contribution >= 4 is 34.2 Å². The van der Waals surface area contributed by atoms with E-state index in [1.807, 2.05) is 30.3 Å². The lowest BCUT2D eigenvalue weighted by atomic mass is 10.1. The fraction of sp³-hybridized carbons (Fsp3) is 0.188. The van der Waals surface area contributed by atoms with E-state index in [4.69, 9.17) is 0 Å². The molecule has 0 bridgehead atoms. The number of benzene rings is 1. The third kappa shape index (κ3) is 4.93. The Labute approximate surface area is 137 Å². The van der Waals surface area contributed by atoms with Gasteiger partial charge < -0.3 is 10.1 Å². The molecule has 6 nitrogen and oxygen atoms in total. The number of imide groups is 1. The van der Waals surface area contributed by atoms with E-state index in [9.17, 15) is 14.4 Å². The maximum absolute atomic E-state index is 12.1. The highest BCUT2D eigenvalue weighted by atomic mass is 32.1. The van der Waals surface area contributed by atoms with Crippen LogP contribution in [0.5, 0.6) is 0 Å². The molecule has 1 aromatic carbocycles. The highest BCUT2D eigenvalue weighted by molar-refractivity contribution is 7.14. The van der Waals surface area contributed by atoms with Crippen molar-refractivity contribution in [1.29, 1.82) is 0 Å². The lowest BCUT2D eigenvalue weighted by molar-refractivity contribution is -0.115. The molecule has 0 spiro atoms. The van der Waals surface area contributed by atoms with Crippen LogP contribution in [0.15, 0.2) is 41.8 Å². The predicted octanol–water partition coefficient (Wildman–Crippen LogP) is 2.82. The van der Waals surface area contributed by atoms with Gasteiger partial charge in [-0.2, -0.15) is 0 Å². The Morgan fingerprint density at radius 3 is 2.57 bits per heavy atom. The number of nitrogens with one attached hydrogen (secondary N) is 2. The van der Waals surface area contributed by atoms with Gasteiger partial charge in [0.2, 0.25) is 5.91 Å². The van der Waals surface area contributed by atoms with E-state index in [-0.39, 0.29) is 24.5 Å². The molecule has 2 N–H and O–H groups in total. The number of thiophene rings is 1. The van der Waals surface area contributed by atoms with Gasteiger partial charge in [-0.25, -0.2) is 4.79 Å². The third-order valence-corrected chi connectivity index (χ3v) is 3.69. The predicted molar refractivity (Wildman–Crippen MR) is 87.6 cm³/mol. The summed E-state index contributed by atoms with van der Waals surface area (Å²) in [4.78, 5) is 35.3. The van der Waals surface area contributed by atoms with E-state index in [2.05, 4.69) is 15.4 Å². The molecule has 1 heterocycles. The summed E-state index contributed by atoms with van der Waals surface area (Å²) in [5.41, 5.74) is 1.10. The second-order valence-electron chi connectivity index (χ2n) is 4.55. The van der Waals surface area contributed by atoms with Gasteiger partial charge in [0.05, 0.1) is 18.6 Å². The number of anilines is 1. The SMILES string of the molecule is CCOC(=O)NC(=O)c1ccsc1NC(=O)Cc1ccccc1. The largest absolute Gasteiger partial charge is 0.450 e. The molecule has 0 aliphatic heterocycles. The van der Waals surface area contributed by atoms with E-state index in [1.165, 1.54) is 17.4 Å². The number of carbonyl (C=O) groups excluding carboxylic acids is 3. The van der Waals surface area contributed by atoms with Crippen molar-refractivity contribution < 1.29 is 19.1 Å². The molecule has 1 aromatic heterocycles. The van der Waals surface area contributed by atoms with Crippen LogP contribution in [0.3, 0.4) is 0 Å². The van der Waals surface area contributed by atoms with Crippen molar-refractivity contribution in [3.05, 3.63) is 52.9 Å². The number of alkyl carbamates (subject to hydrolysis) is 1. The van der Waals surface area contributed by atoms with Gasteiger partial charge in [-0.15, -0.1) is 11.3 Å². The topological polar surface area (TPSA) is 84.5 Å². The average Bonchev–Trinajstić information content (AvgIpc) is 2.96. The Kier molecular flexibility index (Phi) is 5.87. The summed E-state index contributed by atoms with van der Waals surface area (Å²) >= 11 is 1.21. The molecule has 23 heavy (non-hydrogen) atoms. The summed E-state index contributed by atoms with van der Waals surface area (Å²) in [6.45, 7) is 1.81. The Morgan fingerprint density at radius 1 is 1.13 bits per heavy atom. The fourth-order valence-electron chi connectivity index (χ4n) is 1.86. The number of hydrogen-bond donors (Lipinski definition) is 2. The summed E-state index contributed by atoms with van der Waals surface area (Å²) in [6.07, 6.45) is -0.609. The average molecular weight is 332 g/mol. The first-order valence-corrected chi connectivity index (χ1v) is 7.87. The van der Waals surface area contributed by atoms with Crippen molar-refractivity contribution in [1.82, 2.24) is 5.32 Å². The second-order valence-corrected chi connectivity index (χ2v) is 5.46. The maximum atomic E-state index is 12.1. The van der Waals surface area contributed by atoms with E-state index in [1.54, 1.807) is 12.3 Å². The van der Waals surface area contributed by atoms with Crippen LogP contribution in [0.25, 0.3) is 0 Å². The van der Waals surface area contributed by atoms with Gasteiger partial charge in [0.15, 0.2) is 0 Å². The fourth-order valence-corrected chi connectivity index (χ4v) is 2.66. The lowest BCUT2D eigenvalue weighted by Gasteiger charge is -2.07. The normalized spacial score (nSPS) is 9.96. The minimum absolute atomic E-state index is 0.170. The standard InChI is InChI=1S/C16H16N2O4S/c1-2-22-16(21)18-14(20)12-8-9-23-15(12)17-13(19)10-11-6-4-3-5-7-11/h3-9H,2,10H2,1H3,(H,17,19)(H,18,20,21). The molecule has 0 radical (unpaired) electrons. The number of rotatable bonds is 5. The zero-order valence-electron chi connectivity index (χ0n) is 12.5. The third-order valence-electron chi connectivity index (χ3n) is 2.86. The molecule has 0 unspecified atom stereocenters. The van der Waals surface area contributed by atoms with Gasteiger partial charge in [-0.3, -0.25) is 14.9 Å². The van der Waals surface area contributed by atoms with E-state index < -0.39 is 12.0 Å². The molecule has 0 aliphatic rings. The first-order chi connectivity index (χ1) is 11.1. The van der Waals surface area contributed by atoms with Crippen LogP contribution >= 0.6 is 11.3 Å². The van der Waals surface area contributed by atoms with Crippen LogP contribution in [0, 0.1) is 0 Å². The van der Waals surface area contributed by atoms with Crippen molar-refractivity contribution in [2.24, 2.45) is 0 Å². The van der Waals surface area contributed by atoms with Gasteiger partial charge in [0, 0.05) is 0 Å². The molecular formula is C16H16N2O4S. The zero-order valence-corrected chi connectivity index (χ0v) is 13.3. The van der Waals surface area contributed by atoms with Crippen molar-refractivity contribution in [2.45, 2.75) is 13.3 Å². The summed E-state index contributed by atoms with van der Waals surface area (Å²) in [7, 11) is 0. The van der Waals surface area contributed by atoms with Gasteiger partial charge in [0.25, 0.3) is 5.91 Å². The van der Waals surface area contributed by atoms with Crippen LogP contribution in [-0.2, 0) is 16.0 Å². The van der Waals surface area contributed by atoms with Gasteiger partial charge in [-0.1, -0.05) is 30.3 Å². The summed E-state index contributed by atoms with van der Waals surface area (Å²) in [5.74, 6) is -0.844. The molecule has 0 saturated carbocycles. The summed E-state index contributed by atoms with van der Waals surface area (Å²) < 4.78 is 4.66. The zero-order chi connectivity index (χ0) is 16.7. The molecule has 3 amide bonds. The van der Waals surface area contributed by atoms with E-state index in [0.717, 1.165) is 5.56 Å². The van der Waals surface area contributed by atoms with Crippen molar-refractivity contribution in [2.75, 3.05) is 11.9 Å². The molecule has 2 rings (SSSR count). The van der Waals surface area contributed by atoms with Crippen molar-refractivity contribution in [3.63, 3.8) is 0 Å². The molecular weight excluding hydrogens is 316 g/mol. The Morgan fingerprint density at radius 2 is 1.87 bits per heavy atom. The van der Waals surface area contributed by atoms with Crippen LogP contribution in [-0.4, -0.2) is 24.5 Å².